The number of piperazine rings is 1. The first-order valence-corrected chi connectivity index (χ1v) is 11.7. The second-order valence-corrected chi connectivity index (χ2v) is 8.96. The SMILES string of the molecule is Cc1nc(N2CCCCC2)cc(N2CCN(C(=O)c3cc(-c4cccs4)on3)CC2)n1. The van der Waals surface area contributed by atoms with Gasteiger partial charge in [0.1, 0.15) is 17.5 Å². The topological polar surface area (TPSA) is 78.6 Å². The molecule has 0 atom stereocenters. The van der Waals surface area contributed by atoms with E-state index in [9.17, 15) is 4.79 Å². The predicted octanol–water partition coefficient (Wildman–Crippen LogP) is 3.45. The van der Waals surface area contributed by atoms with Gasteiger partial charge in [0.25, 0.3) is 5.91 Å². The maximum atomic E-state index is 12.9. The van der Waals surface area contributed by atoms with Crippen LogP contribution in [0.15, 0.2) is 34.2 Å². The van der Waals surface area contributed by atoms with Gasteiger partial charge in [-0.25, -0.2) is 9.97 Å². The third-order valence-electron chi connectivity index (χ3n) is 5.88. The van der Waals surface area contributed by atoms with Crippen molar-refractivity contribution < 1.29 is 9.32 Å². The highest BCUT2D eigenvalue weighted by molar-refractivity contribution is 7.13. The number of aromatic nitrogens is 3. The summed E-state index contributed by atoms with van der Waals surface area (Å²) in [5, 5.41) is 5.98. The van der Waals surface area contributed by atoms with E-state index in [0.29, 0.717) is 24.5 Å². The van der Waals surface area contributed by atoms with E-state index >= 15 is 0 Å². The van der Waals surface area contributed by atoms with E-state index in [4.69, 9.17) is 4.52 Å². The molecule has 31 heavy (non-hydrogen) atoms. The molecule has 0 aromatic carbocycles. The minimum absolute atomic E-state index is 0.0842. The maximum Gasteiger partial charge on any atom is 0.276 e. The molecule has 2 saturated heterocycles. The quantitative estimate of drug-likeness (QED) is 0.617. The van der Waals surface area contributed by atoms with Crippen molar-refractivity contribution in [1.82, 2.24) is 20.0 Å². The number of hydrogen-bond acceptors (Lipinski definition) is 8. The van der Waals surface area contributed by atoms with Gasteiger partial charge < -0.3 is 19.2 Å². The highest BCUT2D eigenvalue weighted by Crippen LogP contribution is 2.26. The normalized spacial score (nSPS) is 17.3. The van der Waals surface area contributed by atoms with Crippen LogP contribution in [0, 0.1) is 6.92 Å². The Kier molecular flexibility index (Phi) is 5.59. The molecule has 0 unspecified atom stereocenters. The Hall–Kier alpha value is -2.94. The van der Waals surface area contributed by atoms with Crippen molar-refractivity contribution in [2.45, 2.75) is 26.2 Å². The number of rotatable bonds is 4. The highest BCUT2D eigenvalue weighted by atomic mass is 32.1. The van der Waals surface area contributed by atoms with Crippen LogP contribution in [-0.2, 0) is 0 Å². The number of carbonyl (C=O) groups is 1. The van der Waals surface area contributed by atoms with Gasteiger partial charge in [-0.3, -0.25) is 4.79 Å². The molecule has 0 saturated carbocycles. The second-order valence-electron chi connectivity index (χ2n) is 8.01. The number of carbonyl (C=O) groups excluding carboxylic acids is 1. The first-order chi connectivity index (χ1) is 15.2. The number of amides is 1. The summed E-state index contributed by atoms with van der Waals surface area (Å²) in [6.45, 7) is 6.79. The lowest BCUT2D eigenvalue weighted by atomic mass is 10.1. The lowest BCUT2D eigenvalue weighted by Crippen LogP contribution is -2.49. The molecule has 5 heterocycles. The van der Waals surface area contributed by atoms with Crippen molar-refractivity contribution in [3.63, 3.8) is 0 Å². The van der Waals surface area contributed by atoms with E-state index in [1.54, 1.807) is 17.4 Å². The minimum atomic E-state index is -0.0842. The molecule has 162 valence electrons. The molecule has 0 bridgehead atoms. The van der Waals surface area contributed by atoms with E-state index in [1.807, 2.05) is 29.3 Å². The zero-order valence-corrected chi connectivity index (χ0v) is 18.5. The molecule has 2 aliphatic rings. The van der Waals surface area contributed by atoms with Crippen LogP contribution < -0.4 is 9.80 Å². The molecule has 0 radical (unpaired) electrons. The molecule has 0 spiro atoms. The Morgan fingerprint density at radius 3 is 2.35 bits per heavy atom. The van der Waals surface area contributed by atoms with Crippen LogP contribution in [0.3, 0.4) is 0 Å². The van der Waals surface area contributed by atoms with Gasteiger partial charge in [0, 0.05) is 51.4 Å². The molecular weight excluding hydrogens is 412 g/mol. The van der Waals surface area contributed by atoms with Crippen LogP contribution in [0.25, 0.3) is 10.6 Å². The Labute approximate surface area is 185 Å². The summed E-state index contributed by atoms with van der Waals surface area (Å²) in [7, 11) is 0. The molecule has 9 heteroatoms. The molecule has 5 rings (SSSR count). The molecule has 1 amide bonds. The van der Waals surface area contributed by atoms with Crippen LogP contribution in [0.4, 0.5) is 11.6 Å². The Balaban J connectivity index is 1.24. The third kappa shape index (κ3) is 4.27. The molecule has 3 aromatic rings. The summed E-state index contributed by atoms with van der Waals surface area (Å²) in [5.41, 5.74) is 0.363. The lowest BCUT2D eigenvalue weighted by molar-refractivity contribution is 0.0736. The average Bonchev–Trinajstić information content (AvgIpc) is 3.51. The molecule has 0 N–H and O–H groups in total. The van der Waals surface area contributed by atoms with Crippen LogP contribution in [0.5, 0.6) is 0 Å². The standard InChI is InChI=1S/C22H26N6O2S/c1-16-23-20(26-7-3-2-4-8-26)15-21(24-16)27-9-11-28(12-10-27)22(29)17-14-18(30-25-17)19-6-5-13-31-19/h5-6,13-15H,2-4,7-12H2,1H3. The van der Waals surface area contributed by atoms with Crippen molar-refractivity contribution >= 4 is 28.9 Å². The first kappa shape index (κ1) is 20.0. The molecular formula is C22H26N6O2S. The monoisotopic (exact) mass is 438 g/mol. The fourth-order valence-corrected chi connectivity index (χ4v) is 4.87. The molecule has 2 fully saturated rings. The first-order valence-electron chi connectivity index (χ1n) is 10.8. The van der Waals surface area contributed by atoms with Gasteiger partial charge in [-0.05, 0) is 37.6 Å². The Bertz CT molecular complexity index is 1040. The fraction of sp³-hybridized carbons (Fsp3) is 0.455. The number of piperidine rings is 1. The van der Waals surface area contributed by atoms with Gasteiger partial charge in [0.2, 0.25) is 0 Å². The van der Waals surface area contributed by atoms with E-state index in [-0.39, 0.29) is 5.91 Å². The Morgan fingerprint density at radius 1 is 0.968 bits per heavy atom. The molecule has 2 aliphatic heterocycles. The summed E-state index contributed by atoms with van der Waals surface area (Å²) < 4.78 is 5.38. The summed E-state index contributed by atoms with van der Waals surface area (Å²) in [5.74, 6) is 3.31. The van der Waals surface area contributed by atoms with Gasteiger partial charge in [-0.1, -0.05) is 11.2 Å². The molecule has 0 aliphatic carbocycles. The highest BCUT2D eigenvalue weighted by Gasteiger charge is 2.26. The number of aryl methyl sites for hydroxylation is 1. The van der Waals surface area contributed by atoms with E-state index in [2.05, 4.69) is 31.0 Å². The van der Waals surface area contributed by atoms with Crippen LogP contribution in [0.1, 0.15) is 35.6 Å². The van der Waals surface area contributed by atoms with Crippen molar-refractivity contribution in [3.05, 3.63) is 41.2 Å². The average molecular weight is 439 g/mol. The van der Waals surface area contributed by atoms with E-state index in [1.165, 1.54) is 19.3 Å². The van der Waals surface area contributed by atoms with E-state index in [0.717, 1.165) is 48.5 Å². The van der Waals surface area contributed by atoms with Crippen molar-refractivity contribution in [2.75, 3.05) is 49.1 Å². The van der Waals surface area contributed by atoms with Crippen LogP contribution in [-0.4, -0.2) is 65.2 Å². The maximum absolute atomic E-state index is 12.9. The Morgan fingerprint density at radius 2 is 1.68 bits per heavy atom. The summed E-state index contributed by atoms with van der Waals surface area (Å²) in [6.07, 6.45) is 3.73. The fourth-order valence-electron chi connectivity index (χ4n) is 4.20. The van der Waals surface area contributed by atoms with Gasteiger partial charge in [-0.15, -0.1) is 11.3 Å². The van der Waals surface area contributed by atoms with Gasteiger partial charge in [0.15, 0.2) is 11.5 Å². The zero-order valence-electron chi connectivity index (χ0n) is 17.7. The second kappa shape index (κ2) is 8.66. The van der Waals surface area contributed by atoms with Crippen molar-refractivity contribution in [2.24, 2.45) is 0 Å². The van der Waals surface area contributed by atoms with Gasteiger partial charge in [-0.2, -0.15) is 0 Å². The zero-order chi connectivity index (χ0) is 21.2. The summed E-state index contributed by atoms with van der Waals surface area (Å²) in [4.78, 5) is 29.6. The largest absolute Gasteiger partial charge is 0.356 e. The number of hydrogen-bond donors (Lipinski definition) is 0. The number of thiophene rings is 1. The predicted molar refractivity (Wildman–Crippen MR) is 121 cm³/mol. The van der Waals surface area contributed by atoms with Crippen LogP contribution in [0.2, 0.25) is 0 Å². The van der Waals surface area contributed by atoms with Crippen LogP contribution >= 0.6 is 11.3 Å². The lowest BCUT2D eigenvalue weighted by Gasteiger charge is -2.35. The number of nitrogens with zero attached hydrogens (tertiary/aromatic N) is 6. The molecule has 3 aromatic heterocycles. The van der Waals surface area contributed by atoms with Crippen molar-refractivity contribution in [1.29, 1.82) is 0 Å². The molecule has 8 nitrogen and oxygen atoms in total. The van der Waals surface area contributed by atoms with Gasteiger partial charge >= 0.3 is 0 Å². The van der Waals surface area contributed by atoms with Gasteiger partial charge in [0.05, 0.1) is 4.88 Å². The van der Waals surface area contributed by atoms with Crippen molar-refractivity contribution in [3.8, 4) is 10.6 Å². The third-order valence-corrected chi connectivity index (χ3v) is 6.76. The number of anilines is 2. The minimum Gasteiger partial charge on any atom is -0.356 e. The van der Waals surface area contributed by atoms with E-state index < -0.39 is 0 Å². The summed E-state index contributed by atoms with van der Waals surface area (Å²) in [6, 6.07) is 7.74. The smallest absolute Gasteiger partial charge is 0.276 e. The summed E-state index contributed by atoms with van der Waals surface area (Å²) >= 11 is 1.57.